The minimum Gasteiger partial charge on any atom is -0.354 e. The van der Waals surface area contributed by atoms with Crippen molar-refractivity contribution in [1.82, 2.24) is 14.5 Å². The van der Waals surface area contributed by atoms with Gasteiger partial charge >= 0.3 is 0 Å². The van der Waals surface area contributed by atoms with E-state index in [9.17, 15) is 22.8 Å². The van der Waals surface area contributed by atoms with Gasteiger partial charge in [0.1, 0.15) is 17.5 Å². The van der Waals surface area contributed by atoms with E-state index < -0.39 is 40.3 Å². The molecule has 0 bridgehead atoms. The number of rotatable bonds is 8. The van der Waals surface area contributed by atoms with E-state index in [0.29, 0.717) is 27.9 Å². The lowest BCUT2D eigenvalue weighted by molar-refractivity contribution is -0.140. The maximum Gasteiger partial charge on any atom is 0.269 e. The second-order valence-corrected chi connectivity index (χ2v) is 10.2. The highest BCUT2D eigenvalue weighted by atomic mass is 35.5. The van der Waals surface area contributed by atoms with Gasteiger partial charge in [-0.2, -0.15) is 0 Å². The van der Waals surface area contributed by atoms with Gasteiger partial charge in [-0.1, -0.05) is 48.3 Å². The molecule has 3 amide bonds. The largest absolute Gasteiger partial charge is 0.354 e. The topological polar surface area (TPSA) is 104 Å². The van der Waals surface area contributed by atoms with Crippen LogP contribution >= 0.6 is 23.2 Å². The molecule has 33 heavy (non-hydrogen) atoms. The molecule has 0 aliphatic carbocycles. The maximum atomic E-state index is 13.3. The monoisotopic (exact) mass is 511 g/mol. The fourth-order valence-corrected chi connectivity index (χ4v) is 5.25. The molecule has 1 N–H and O–H groups in total. The first-order chi connectivity index (χ1) is 15.6. The van der Waals surface area contributed by atoms with Gasteiger partial charge in [-0.05, 0) is 43.2 Å². The molecule has 1 atom stereocenters. The van der Waals surface area contributed by atoms with Crippen molar-refractivity contribution in [2.75, 3.05) is 13.1 Å². The van der Waals surface area contributed by atoms with Crippen LogP contribution in [0.3, 0.4) is 0 Å². The van der Waals surface area contributed by atoms with Crippen molar-refractivity contribution in [2.24, 2.45) is 0 Å². The molecule has 0 spiro atoms. The number of carbonyl (C=O) groups excluding carboxylic acids is 3. The van der Waals surface area contributed by atoms with Crippen molar-refractivity contribution >= 4 is 50.9 Å². The van der Waals surface area contributed by atoms with Gasteiger partial charge in [0.25, 0.3) is 15.9 Å². The quantitative estimate of drug-likeness (QED) is 0.586. The van der Waals surface area contributed by atoms with Crippen molar-refractivity contribution in [3.63, 3.8) is 0 Å². The number of sulfonamides is 1. The minimum atomic E-state index is -4.17. The van der Waals surface area contributed by atoms with Crippen LogP contribution in [-0.2, 0) is 26.2 Å². The molecule has 2 aromatic carbocycles. The van der Waals surface area contributed by atoms with Gasteiger partial charge in [-0.25, -0.2) is 12.7 Å². The summed E-state index contributed by atoms with van der Waals surface area (Å²) in [6, 6.07) is 9.62. The summed E-state index contributed by atoms with van der Waals surface area (Å²) in [6.07, 6.45) is 0.706. The molecule has 0 aromatic heterocycles. The maximum absolute atomic E-state index is 13.3. The number of fused-ring (bicyclic) bond motifs is 1. The van der Waals surface area contributed by atoms with Crippen LogP contribution in [0.2, 0.25) is 10.0 Å². The normalized spacial score (nSPS) is 15.2. The molecule has 3 rings (SSSR count). The highest BCUT2D eigenvalue weighted by molar-refractivity contribution is 7.90. The van der Waals surface area contributed by atoms with E-state index in [1.54, 1.807) is 24.3 Å². The molecule has 1 aliphatic heterocycles. The van der Waals surface area contributed by atoms with E-state index in [0.717, 1.165) is 0 Å². The fourth-order valence-electron chi connectivity index (χ4n) is 3.41. The van der Waals surface area contributed by atoms with Crippen LogP contribution in [0.25, 0.3) is 0 Å². The second-order valence-electron chi connectivity index (χ2n) is 7.55. The summed E-state index contributed by atoms with van der Waals surface area (Å²) < 4.78 is 26.3. The lowest BCUT2D eigenvalue weighted by Gasteiger charge is -2.30. The van der Waals surface area contributed by atoms with E-state index in [2.05, 4.69) is 5.32 Å². The predicted molar refractivity (Wildman–Crippen MR) is 124 cm³/mol. The molecule has 0 saturated carbocycles. The highest BCUT2D eigenvalue weighted by Gasteiger charge is 2.43. The first-order valence-electron chi connectivity index (χ1n) is 10.2. The standard InChI is InChI=1S/C22H23Cl2N3O5S/c1-3-10-25-21(29)14(2)26(12-15-8-9-17(23)18(24)11-15)20(28)13-27-22(30)16-6-4-5-7-19(16)33(27,31)32/h4-9,11,14H,3,10,12-13H2,1-2H3,(H,25,29)/t14-/m1/s1. The molecule has 1 aliphatic rings. The van der Waals surface area contributed by atoms with Gasteiger partial charge in [0, 0.05) is 13.1 Å². The van der Waals surface area contributed by atoms with Gasteiger partial charge < -0.3 is 10.2 Å². The van der Waals surface area contributed by atoms with Crippen LogP contribution in [0.4, 0.5) is 0 Å². The zero-order valence-electron chi connectivity index (χ0n) is 18.0. The average Bonchev–Trinajstić information content (AvgIpc) is 2.98. The van der Waals surface area contributed by atoms with Gasteiger partial charge in [-0.3, -0.25) is 14.4 Å². The number of hydrogen-bond donors (Lipinski definition) is 1. The Kier molecular flexibility index (Phi) is 7.66. The van der Waals surface area contributed by atoms with Gasteiger partial charge in [0.15, 0.2) is 0 Å². The molecular weight excluding hydrogens is 489 g/mol. The molecule has 0 fully saturated rings. The molecule has 0 radical (unpaired) electrons. The van der Waals surface area contributed by atoms with Gasteiger partial charge in [-0.15, -0.1) is 0 Å². The molecule has 8 nitrogen and oxygen atoms in total. The van der Waals surface area contributed by atoms with E-state index in [-0.39, 0.29) is 22.0 Å². The Morgan fingerprint density at radius 2 is 1.82 bits per heavy atom. The smallest absolute Gasteiger partial charge is 0.269 e. The number of nitrogens with zero attached hydrogens (tertiary/aromatic N) is 2. The van der Waals surface area contributed by atoms with E-state index in [1.165, 1.54) is 30.0 Å². The zero-order valence-corrected chi connectivity index (χ0v) is 20.4. The Hall–Kier alpha value is -2.62. The lowest BCUT2D eigenvalue weighted by Crippen LogP contribution is -2.51. The molecule has 1 heterocycles. The van der Waals surface area contributed by atoms with E-state index in [4.69, 9.17) is 23.2 Å². The summed E-state index contributed by atoms with van der Waals surface area (Å²) in [4.78, 5) is 39.7. The van der Waals surface area contributed by atoms with Crippen LogP contribution in [0, 0.1) is 0 Å². The number of carbonyl (C=O) groups is 3. The van der Waals surface area contributed by atoms with Crippen molar-refractivity contribution in [1.29, 1.82) is 0 Å². The predicted octanol–water partition coefficient (Wildman–Crippen LogP) is 3.08. The van der Waals surface area contributed by atoms with Crippen molar-refractivity contribution in [3.05, 3.63) is 63.6 Å². The van der Waals surface area contributed by atoms with Crippen LogP contribution in [0.1, 0.15) is 36.2 Å². The molecule has 0 unspecified atom stereocenters. The highest BCUT2D eigenvalue weighted by Crippen LogP contribution is 2.30. The molecular formula is C22H23Cl2N3O5S. The van der Waals surface area contributed by atoms with Crippen LogP contribution in [0.5, 0.6) is 0 Å². The van der Waals surface area contributed by atoms with E-state index in [1.807, 2.05) is 6.92 Å². The van der Waals surface area contributed by atoms with Crippen molar-refractivity contribution < 1.29 is 22.8 Å². The van der Waals surface area contributed by atoms with Crippen molar-refractivity contribution in [3.8, 4) is 0 Å². The summed E-state index contributed by atoms with van der Waals surface area (Å²) in [6.45, 7) is 3.08. The number of hydrogen-bond acceptors (Lipinski definition) is 5. The average molecular weight is 512 g/mol. The summed E-state index contributed by atoms with van der Waals surface area (Å²) in [7, 11) is -4.17. The van der Waals surface area contributed by atoms with Gasteiger partial charge in [0.2, 0.25) is 11.8 Å². The van der Waals surface area contributed by atoms with Gasteiger partial charge in [0.05, 0.1) is 15.6 Å². The SMILES string of the molecule is CCCNC(=O)[C@@H](C)N(Cc1ccc(Cl)c(Cl)c1)C(=O)CN1C(=O)c2ccccc2S1(=O)=O. The first-order valence-corrected chi connectivity index (χ1v) is 12.4. The Bertz CT molecular complexity index is 1200. The summed E-state index contributed by atoms with van der Waals surface area (Å²) in [5, 5.41) is 3.34. The Balaban J connectivity index is 1.89. The zero-order chi connectivity index (χ0) is 24.3. The summed E-state index contributed by atoms with van der Waals surface area (Å²) in [5.41, 5.74) is 0.599. The summed E-state index contributed by atoms with van der Waals surface area (Å²) >= 11 is 12.1. The third-order valence-electron chi connectivity index (χ3n) is 5.24. The number of benzene rings is 2. The molecule has 0 saturated heterocycles. The van der Waals surface area contributed by atoms with Crippen LogP contribution in [-0.4, -0.2) is 54.5 Å². The third-order valence-corrected chi connectivity index (χ3v) is 7.77. The van der Waals surface area contributed by atoms with Crippen LogP contribution in [0.15, 0.2) is 47.4 Å². The number of nitrogens with one attached hydrogen (secondary N) is 1. The Labute approximate surface area is 202 Å². The molecule has 176 valence electrons. The first kappa shape index (κ1) is 25.0. The molecule has 11 heteroatoms. The third kappa shape index (κ3) is 5.15. The van der Waals surface area contributed by atoms with Crippen LogP contribution < -0.4 is 5.32 Å². The minimum absolute atomic E-state index is 0.00932. The Morgan fingerprint density at radius 3 is 2.45 bits per heavy atom. The second kappa shape index (κ2) is 10.1. The molecule has 2 aromatic rings. The number of halogens is 2. The lowest BCUT2D eigenvalue weighted by atomic mass is 10.1. The summed E-state index contributed by atoms with van der Waals surface area (Å²) in [5.74, 6) is -1.88. The van der Waals surface area contributed by atoms with E-state index >= 15 is 0 Å². The Morgan fingerprint density at radius 1 is 1.12 bits per heavy atom. The fraction of sp³-hybridized carbons (Fsp3) is 0.318. The van der Waals surface area contributed by atoms with Crippen molar-refractivity contribution in [2.45, 2.75) is 37.8 Å². The number of amides is 3.